The summed E-state index contributed by atoms with van der Waals surface area (Å²) in [6.07, 6.45) is 1.33. The lowest BCUT2D eigenvalue weighted by Gasteiger charge is -2.13. The molecule has 0 spiro atoms. The van der Waals surface area contributed by atoms with Gasteiger partial charge in [-0.05, 0) is 18.2 Å². The molecular formula is C14H12N4O3. The number of nitriles is 1. The molecule has 0 saturated heterocycles. The van der Waals surface area contributed by atoms with Crippen LogP contribution in [0.25, 0.3) is 0 Å². The highest BCUT2D eigenvalue weighted by Gasteiger charge is 2.16. The lowest BCUT2D eigenvalue weighted by molar-refractivity contribution is 0.0697. The molecule has 4 N–H and O–H groups in total. The number of pyridine rings is 1. The van der Waals surface area contributed by atoms with Crippen molar-refractivity contribution in [2.75, 3.05) is 18.2 Å². The molecule has 0 bridgehead atoms. The zero-order chi connectivity index (χ0) is 15.4. The summed E-state index contributed by atoms with van der Waals surface area (Å²) in [6, 6.07) is 8.20. The summed E-state index contributed by atoms with van der Waals surface area (Å²) < 4.78 is 5.17. The normalized spacial score (nSPS) is 9.71. The Kier molecular flexibility index (Phi) is 3.90. The number of rotatable bonds is 4. The summed E-state index contributed by atoms with van der Waals surface area (Å²) in [6.45, 7) is 0. The predicted molar refractivity (Wildman–Crippen MR) is 76.6 cm³/mol. The molecule has 7 heteroatoms. The highest BCUT2D eigenvalue weighted by molar-refractivity contribution is 5.95. The number of hydrogen-bond acceptors (Lipinski definition) is 6. The minimum absolute atomic E-state index is 0.0812. The van der Waals surface area contributed by atoms with E-state index in [4.69, 9.17) is 15.7 Å². The number of hydrogen-bond donors (Lipinski definition) is 3. The van der Waals surface area contributed by atoms with Crippen molar-refractivity contribution in [2.24, 2.45) is 0 Å². The van der Waals surface area contributed by atoms with Crippen LogP contribution in [0.3, 0.4) is 0 Å². The summed E-state index contributed by atoms with van der Waals surface area (Å²) in [5, 5.41) is 21.2. The lowest BCUT2D eigenvalue weighted by atomic mass is 10.1. The third kappa shape index (κ3) is 2.84. The number of benzene rings is 1. The van der Waals surface area contributed by atoms with Gasteiger partial charge in [-0.3, -0.25) is 0 Å². The van der Waals surface area contributed by atoms with E-state index in [1.807, 2.05) is 6.07 Å². The number of anilines is 3. The minimum Gasteiger partial charge on any atom is -0.495 e. The van der Waals surface area contributed by atoms with Gasteiger partial charge in [-0.25, -0.2) is 9.78 Å². The average molecular weight is 284 g/mol. The number of carbonyl (C=O) groups is 1. The monoisotopic (exact) mass is 284 g/mol. The number of nitrogens with one attached hydrogen (secondary N) is 1. The Morgan fingerprint density at radius 3 is 2.90 bits per heavy atom. The van der Waals surface area contributed by atoms with Gasteiger partial charge in [0.05, 0.1) is 24.6 Å². The van der Waals surface area contributed by atoms with Crippen molar-refractivity contribution < 1.29 is 14.6 Å². The van der Waals surface area contributed by atoms with E-state index in [-0.39, 0.29) is 17.1 Å². The van der Waals surface area contributed by atoms with Gasteiger partial charge in [0, 0.05) is 0 Å². The topological polar surface area (TPSA) is 121 Å². The summed E-state index contributed by atoms with van der Waals surface area (Å²) >= 11 is 0. The van der Waals surface area contributed by atoms with Crippen molar-refractivity contribution in [3.05, 3.63) is 41.6 Å². The highest BCUT2D eigenvalue weighted by atomic mass is 16.5. The highest BCUT2D eigenvalue weighted by Crippen LogP contribution is 2.31. The maximum Gasteiger partial charge on any atom is 0.339 e. The van der Waals surface area contributed by atoms with Crippen LogP contribution in [0.15, 0.2) is 30.5 Å². The van der Waals surface area contributed by atoms with E-state index >= 15 is 0 Å². The number of para-hydroxylation sites is 1. The van der Waals surface area contributed by atoms with E-state index in [0.717, 1.165) is 0 Å². The van der Waals surface area contributed by atoms with E-state index in [1.165, 1.54) is 19.4 Å². The van der Waals surface area contributed by atoms with Crippen molar-refractivity contribution in [3.8, 4) is 11.8 Å². The maximum atomic E-state index is 11.2. The molecule has 7 nitrogen and oxygen atoms in total. The fourth-order valence-electron chi connectivity index (χ4n) is 1.79. The Hall–Kier alpha value is -3.27. The number of nitrogen functional groups attached to an aromatic ring is 1. The summed E-state index contributed by atoms with van der Waals surface area (Å²) in [5.74, 6) is -0.688. The number of nitrogens with two attached hydrogens (primary N) is 1. The van der Waals surface area contributed by atoms with E-state index < -0.39 is 5.97 Å². The number of aromatic carboxylic acids is 1. The number of methoxy groups -OCH3 is 1. The SMILES string of the molecule is COc1cccc(C#N)c1Nc1ncc(N)cc1C(=O)O. The first-order valence-electron chi connectivity index (χ1n) is 5.89. The molecule has 0 aliphatic carbocycles. The zero-order valence-corrected chi connectivity index (χ0v) is 11.1. The van der Waals surface area contributed by atoms with Crippen molar-refractivity contribution in [1.82, 2.24) is 4.98 Å². The molecule has 0 radical (unpaired) electrons. The van der Waals surface area contributed by atoms with Gasteiger partial charge in [-0.1, -0.05) is 6.07 Å². The van der Waals surface area contributed by atoms with Crippen LogP contribution >= 0.6 is 0 Å². The van der Waals surface area contributed by atoms with Crippen LogP contribution in [0.4, 0.5) is 17.2 Å². The molecule has 1 aromatic carbocycles. The van der Waals surface area contributed by atoms with E-state index in [2.05, 4.69) is 10.3 Å². The second kappa shape index (κ2) is 5.79. The van der Waals surface area contributed by atoms with E-state index in [1.54, 1.807) is 18.2 Å². The third-order valence-corrected chi connectivity index (χ3v) is 2.75. The Morgan fingerprint density at radius 1 is 1.52 bits per heavy atom. The van der Waals surface area contributed by atoms with Crippen LogP contribution < -0.4 is 15.8 Å². The van der Waals surface area contributed by atoms with Gasteiger partial charge in [0.1, 0.15) is 28.9 Å². The molecule has 0 unspecified atom stereocenters. The zero-order valence-electron chi connectivity index (χ0n) is 11.1. The van der Waals surface area contributed by atoms with E-state index in [9.17, 15) is 9.90 Å². The second-order valence-electron chi connectivity index (χ2n) is 4.09. The smallest absolute Gasteiger partial charge is 0.339 e. The van der Waals surface area contributed by atoms with Gasteiger partial charge in [0.25, 0.3) is 0 Å². The molecule has 0 atom stereocenters. The third-order valence-electron chi connectivity index (χ3n) is 2.75. The fourth-order valence-corrected chi connectivity index (χ4v) is 1.79. The quantitative estimate of drug-likeness (QED) is 0.784. The van der Waals surface area contributed by atoms with Crippen LogP contribution in [0, 0.1) is 11.3 Å². The number of aromatic nitrogens is 1. The standard InChI is InChI=1S/C14H12N4O3/c1-21-11-4-2-3-8(6-15)12(11)18-13-10(14(19)20)5-9(16)7-17-13/h2-5,7H,16H2,1H3,(H,17,18)(H,19,20). The van der Waals surface area contributed by atoms with Crippen molar-refractivity contribution in [2.45, 2.75) is 0 Å². The number of carboxylic acids is 1. The van der Waals surface area contributed by atoms with Gasteiger partial charge in [-0.2, -0.15) is 5.26 Å². The van der Waals surface area contributed by atoms with Gasteiger partial charge < -0.3 is 20.9 Å². The van der Waals surface area contributed by atoms with Crippen LogP contribution in [-0.2, 0) is 0 Å². The van der Waals surface area contributed by atoms with Gasteiger partial charge >= 0.3 is 5.97 Å². The van der Waals surface area contributed by atoms with Gasteiger partial charge in [0.15, 0.2) is 0 Å². The average Bonchev–Trinajstić information content (AvgIpc) is 2.48. The number of carboxylic acid groups (broad SMARTS) is 1. The van der Waals surface area contributed by atoms with Crippen molar-refractivity contribution in [1.29, 1.82) is 5.26 Å². The molecule has 0 aliphatic heterocycles. The molecule has 0 saturated carbocycles. The fraction of sp³-hybridized carbons (Fsp3) is 0.0714. The first-order valence-corrected chi connectivity index (χ1v) is 5.89. The number of ether oxygens (including phenoxy) is 1. The summed E-state index contributed by atoms with van der Waals surface area (Å²) in [7, 11) is 1.45. The minimum atomic E-state index is -1.18. The molecule has 0 fully saturated rings. The largest absolute Gasteiger partial charge is 0.495 e. The molecule has 1 aromatic heterocycles. The first-order chi connectivity index (χ1) is 10.1. The second-order valence-corrected chi connectivity index (χ2v) is 4.09. The predicted octanol–water partition coefficient (Wildman–Crippen LogP) is 1.99. The van der Waals surface area contributed by atoms with E-state index in [0.29, 0.717) is 17.0 Å². The summed E-state index contributed by atoms with van der Waals surface area (Å²) in [4.78, 5) is 15.2. The Morgan fingerprint density at radius 2 is 2.29 bits per heavy atom. The molecule has 1 heterocycles. The van der Waals surface area contributed by atoms with Crippen LogP contribution in [0.5, 0.6) is 5.75 Å². The van der Waals surface area contributed by atoms with Crippen LogP contribution in [0.1, 0.15) is 15.9 Å². The molecule has 2 aromatic rings. The van der Waals surface area contributed by atoms with Crippen LogP contribution in [0.2, 0.25) is 0 Å². The molecule has 2 rings (SSSR count). The number of nitrogens with zero attached hydrogens (tertiary/aromatic N) is 2. The van der Waals surface area contributed by atoms with Crippen LogP contribution in [-0.4, -0.2) is 23.2 Å². The Bertz CT molecular complexity index is 737. The van der Waals surface area contributed by atoms with Crippen molar-refractivity contribution in [3.63, 3.8) is 0 Å². The molecular weight excluding hydrogens is 272 g/mol. The Labute approximate surface area is 120 Å². The molecule has 0 amide bonds. The molecule has 106 valence electrons. The first kappa shape index (κ1) is 14.1. The Balaban J connectivity index is 2.53. The summed E-state index contributed by atoms with van der Waals surface area (Å²) in [5.41, 5.74) is 6.34. The maximum absolute atomic E-state index is 11.2. The van der Waals surface area contributed by atoms with Gasteiger partial charge in [-0.15, -0.1) is 0 Å². The lowest BCUT2D eigenvalue weighted by Crippen LogP contribution is -2.07. The molecule has 21 heavy (non-hydrogen) atoms. The van der Waals surface area contributed by atoms with Crippen molar-refractivity contribution >= 4 is 23.2 Å². The van der Waals surface area contributed by atoms with Gasteiger partial charge in [0.2, 0.25) is 0 Å². The molecule has 0 aliphatic rings.